The van der Waals surface area contributed by atoms with Crippen molar-refractivity contribution in [3.8, 4) is 16.9 Å². The molecule has 154 valence electrons. The summed E-state index contributed by atoms with van der Waals surface area (Å²) in [6.45, 7) is 0.767. The predicted molar refractivity (Wildman–Crippen MR) is 116 cm³/mol. The minimum Gasteiger partial charge on any atom is -0.497 e. The minimum absolute atomic E-state index is 0.157. The van der Waals surface area contributed by atoms with Crippen LogP contribution in [0.3, 0.4) is 0 Å². The van der Waals surface area contributed by atoms with Crippen molar-refractivity contribution in [3.05, 3.63) is 83.6 Å². The highest BCUT2D eigenvalue weighted by Crippen LogP contribution is 2.37. The van der Waals surface area contributed by atoms with E-state index in [1.807, 2.05) is 24.3 Å². The Morgan fingerprint density at radius 2 is 1.87 bits per heavy atom. The standard InChI is InChI=1S/C24H19FN4O2/c1-31-15-9-7-14(8-10-15)12-29-13-19-20(24(29)30)21(26)18-5-2-4-16(22(18)28-19)17-6-3-11-27-23(17)25/h2-11H,12-13H2,1H3,(H2,26,28). The van der Waals surface area contributed by atoms with Gasteiger partial charge >= 0.3 is 0 Å². The molecule has 0 fully saturated rings. The van der Waals surface area contributed by atoms with Gasteiger partial charge in [-0.1, -0.05) is 30.3 Å². The third kappa shape index (κ3) is 3.15. The Morgan fingerprint density at radius 3 is 2.61 bits per heavy atom. The molecule has 1 aliphatic rings. The van der Waals surface area contributed by atoms with Gasteiger partial charge in [-0.2, -0.15) is 4.39 Å². The number of hydrogen-bond donors (Lipinski definition) is 1. The topological polar surface area (TPSA) is 81.3 Å². The summed E-state index contributed by atoms with van der Waals surface area (Å²) in [5.74, 6) is 0.0240. The zero-order valence-electron chi connectivity index (χ0n) is 16.8. The molecule has 0 unspecified atom stereocenters. The summed E-state index contributed by atoms with van der Waals surface area (Å²) < 4.78 is 19.5. The van der Waals surface area contributed by atoms with Crippen molar-refractivity contribution >= 4 is 22.5 Å². The van der Waals surface area contributed by atoms with Gasteiger partial charge in [0, 0.05) is 29.3 Å². The van der Waals surface area contributed by atoms with Crippen LogP contribution in [0.4, 0.5) is 10.1 Å². The van der Waals surface area contributed by atoms with Crippen molar-refractivity contribution in [1.82, 2.24) is 14.9 Å². The van der Waals surface area contributed by atoms with Gasteiger partial charge < -0.3 is 15.4 Å². The number of carbonyl (C=O) groups is 1. The number of aromatic nitrogens is 2. The molecule has 1 aliphatic heterocycles. The largest absolute Gasteiger partial charge is 0.497 e. The molecule has 5 rings (SSSR count). The number of fused-ring (bicyclic) bond motifs is 2. The Bertz CT molecular complexity index is 1320. The van der Waals surface area contributed by atoms with Gasteiger partial charge in [0.25, 0.3) is 5.91 Å². The van der Waals surface area contributed by atoms with Gasteiger partial charge in [-0.05, 0) is 29.8 Å². The highest BCUT2D eigenvalue weighted by atomic mass is 19.1. The fourth-order valence-electron chi connectivity index (χ4n) is 4.01. The zero-order chi connectivity index (χ0) is 21.5. The van der Waals surface area contributed by atoms with E-state index in [-0.39, 0.29) is 5.91 Å². The summed E-state index contributed by atoms with van der Waals surface area (Å²) in [4.78, 5) is 23.3. The third-order valence-corrected chi connectivity index (χ3v) is 5.55. The van der Waals surface area contributed by atoms with Gasteiger partial charge in [-0.15, -0.1) is 0 Å². The first-order valence-electron chi connectivity index (χ1n) is 9.81. The summed E-state index contributed by atoms with van der Waals surface area (Å²) in [5.41, 5.74) is 10.3. The van der Waals surface area contributed by atoms with Crippen molar-refractivity contribution in [2.75, 3.05) is 12.8 Å². The molecule has 1 amide bonds. The number of hydrogen-bond acceptors (Lipinski definition) is 5. The van der Waals surface area contributed by atoms with Crippen molar-refractivity contribution in [3.63, 3.8) is 0 Å². The van der Waals surface area contributed by atoms with Crippen molar-refractivity contribution in [1.29, 1.82) is 0 Å². The summed E-state index contributed by atoms with van der Waals surface area (Å²) in [6, 6.07) is 16.3. The number of rotatable bonds is 4. The van der Waals surface area contributed by atoms with E-state index < -0.39 is 5.95 Å². The molecule has 2 N–H and O–H groups in total. The number of carbonyl (C=O) groups excluding carboxylic acids is 1. The number of amides is 1. The number of nitrogens with zero attached hydrogens (tertiary/aromatic N) is 3. The molecule has 2 aromatic heterocycles. The lowest BCUT2D eigenvalue weighted by Gasteiger charge is -2.15. The van der Waals surface area contributed by atoms with Gasteiger partial charge in [0.1, 0.15) is 5.75 Å². The van der Waals surface area contributed by atoms with Crippen LogP contribution >= 0.6 is 0 Å². The molecule has 0 saturated heterocycles. The van der Waals surface area contributed by atoms with Crippen LogP contribution in [0.15, 0.2) is 60.8 Å². The van der Waals surface area contributed by atoms with Crippen LogP contribution in [-0.2, 0) is 13.1 Å². The second-order valence-corrected chi connectivity index (χ2v) is 7.40. The molecule has 0 spiro atoms. The number of benzene rings is 2. The lowest BCUT2D eigenvalue weighted by atomic mass is 10.00. The lowest BCUT2D eigenvalue weighted by molar-refractivity contribution is 0.0767. The second-order valence-electron chi connectivity index (χ2n) is 7.40. The fourth-order valence-corrected chi connectivity index (χ4v) is 4.01. The lowest BCUT2D eigenvalue weighted by Crippen LogP contribution is -2.23. The molecule has 6 nitrogen and oxygen atoms in total. The van der Waals surface area contributed by atoms with E-state index in [1.165, 1.54) is 6.20 Å². The molecule has 0 bridgehead atoms. The quantitative estimate of drug-likeness (QED) is 0.507. The van der Waals surface area contributed by atoms with E-state index in [2.05, 4.69) is 4.98 Å². The number of halogens is 1. The molecular weight excluding hydrogens is 395 g/mol. The molecule has 0 atom stereocenters. The maximum atomic E-state index is 14.4. The second kappa shape index (κ2) is 7.36. The summed E-state index contributed by atoms with van der Waals surface area (Å²) >= 11 is 0. The number of ether oxygens (including phenoxy) is 1. The molecule has 31 heavy (non-hydrogen) atoms. The molecule has 7 heteroatoms. The summed E-state index contributed by atoms with van der Waals surface area (Å²) in [5, 5.41) is 0.624. The smallest absolute Gasteiger partial charge is 0.258 e. The van der Waals surface area contributed by atoms with Crippen molar-refractivity contribution in [2.24, 2.45) is 0 Å². The maximum Gasteiger partial charge on any atom is 0.258 e. The molecular formula is C24H19FN4O2. The van der Waals surface area contributed by atoms with Crippen LogP contribution in [0, 0.1) is 5.95 Å². The third-order valence-electron chi connectivity index (χ3n) is 5.55. The summed E-state index contributed by atoms with van der Waals surface area (Å²) in [6.07, 6.45) is 1.40. The molecule has 3 heterocycles. The van der Waals surface area contributed by atoms with Gasteiger partial charge in [0.15, 0.2) is 0 Å². The van der Waals surface area contributed by atoms with Crippen LogP contribution < -0.4 is 10.5 Å². The van der Waals surface area contributed by atoms with E-state index in [0.29, 0.717) is 52.1 Å². The minimum atomic E-state index is -0.576. The number of anilines is 1. The van der Waals surface area contributed by atoms with Gasteiger partial charge in [-0.25, -0.2) is 9.97 Å². The molecule has 0 aliphatic carbocycles. The Kier molecular flexibility index (Phi) is 4.51. The summed E-state index contributed by atoms with van der Waals surface area (Å²) in [7, 11) is 1.61. The first kappa shape index (κ1) is 19.0. The van der Waals surface area contributed by atoms with Gasteiger partial charge in [-0.3, -0.25) is 4.79 Å². The molecule has 4 aromatic rings. The Balaban J connectivity index is 1.56. The number of pyridine rings is 2. The van der Waals surface area contributed by atoms with Gasteiger partial charge in [0.2, 0.25) is 5.95 Å². The molecule has 0 saturated carbocycles. The Morgan fingerprint density at radius 1 is 1.10 bits per heavy atom. The predicted octanol–water partition coefficient (Wildman–Crippen LogP) is 4.18. The first-order chi connectivity index (χ1) is 15.1. The highest BCUT2D eigenvalue weighted by molar-refractivity contribution is 6.11. The zero-order valence-corrected chi connectivity index (χ0v) is 16.8. The highest BCUT2D eigenvalue weighted by Gasteiger charge is 2.32. The number of nitrogen functional groups attached to an aromatic ring is 1. The first-order valence-corrected chi connectivity index (χ1v) is 9.81. The Hall–Kier alpha value is -4.00. The van der Waals surface area contributed by atoms with Crippen LogP contribution in [0.5, 0.6) is 5.75 Å². The number of para-hydroxylation sites is 1. The maximum absolute atomic E-state index is 14.4. The van der Waals surface area contributed by atoms with E-state index in [0.717, 1.165) is 11.3 Å². The van der Waals surface area contributed by atoms with Crippen LogP contribution in [0.2, 0.25) is 0 Å². The Labute approximate surface area is 178 Å². The van der Waals surface area contributed by atoms with Crippen LogP contribution in [0.1, 0.15) is 21.6 Å². The van der Waals surface area contributed by atoms with E-state index in [4.69, 9.17) is 15.5 Å². The average molecular weight is 414 g/mol. The monoisotopic (exact) mass is 414 g/mol. The van der Waals surface area contributed by atoms with Crippen molar-refractivity contribution in [2.45, 2.75) is 13.1 Å². The van der Waals surface area contributed by atoms with Crippen LogP contribution in [-0.4, -0.2) is 27.9 Å². The number of nitrogens with two attached hydrogens (primary N) is 1. The number of methoxy groups -OCH3 is 1. The van der Waals surface area contributed by atoms with Gasteiger partial charge in [0.05, 0.1) is 36.1 Å². The van der Waals surface area contributed by atoms with E-state index in [1.54, 1.807) is 42.3 Å². The van der Waals surface area contributed by atoms with E-state index in [9.17, 15) is 9.18 Å². The van der Waals surface area contributed by atoms with Crippen LogP contribution in [0.25, 0.3) is 22.0 Å². The van der Waals surface area contributed by atoms with E-state index >= 15 is 0 Å². The molecule has 2 aromatic carbocycles. The average Bonchev–Trinajstić information content (AvgIpc) is 3.10. The normalized spacial score (nSPS) is 13.0. The SMILES string of the molecule is COc1ccc(CN2Cc3nc4c(-c5cccnc5F)cccc4c(N)c3C2=O)cc1. The fraction of sp³-hybridized carbons (Fsp3) is 0.125. The van der Waals surface area contributed by atoms with Crippen molar-refractivity contribution < 1.29 is 13.9 Å². The molecule has 0 radical (unpaired) electrons.